The van der Waals surface area contributed by atoms with Crippen LogP contribution in [0.2, 0.25) is 0 Å². The van der Waals surface area contributed by atoms with E-state index in [1.54, 1.807) is 30.3 Å². The van der Waals surface area contributed by atoms with E-state index in [1.807, 2.05) is 4.90 Å². The normalized spacial score (nSPS) is 19.6. The van der Waals surface area contributed by atoms with E-state index in [9.17, 15) is 9.59 Å². The lowest BCUT2D eigenvalue weighted by Crippen LogP contribution is -2.55. The predicted molar refractivity (Wildman–Crippen MR) is 80.7 cm³/mol. The first-order chi connectivity index (χ1) is 10.7. The summed E-state index contributed by atoms with van der Waals surface area (Å²) in [6.07, 6.45) is 6.13. The monoisotopic (exact) mass is 303 g/mol. The number of carbonyl (C=O) groups excluding carboxylic acids is 2. The van der Waals surface area contributed by atoms with Gasteiger partial charge in [-0.25, -0.2) is 0 Å². The minimum atomic E-state index is -0.210. The van der Waals surface area contributed by atoms with Crippen LogP contribution in [0, 0.1) is 0 Å². The Bertz CT molecular complexity index is 570. The molecule has 0 bridgehead atoms. The van der Waals surface area contributed by atoms with Crippen LogP contribution in [0.25, 0.3) is 0 Å². The Hall–Kier alpha value is -2.11. The van der Waals surface area contributed by atoms with Crippen molar-refractivity contribution in [1.29, 1.82) is 0 Å². The van der Waals surface area contributed by atoms with Crippen LogP contribution in [0.3, 0.4) is 0 Å². The smallest absolute Gasteiger partial charge is 0.273 e. The van der Waals surface area contributed by atoms with E-state index in [4.69, 9.17) is 4.74 Å². The fourth-order valence-corrected chi connectivity index (χ4v) is 3.28. The second-order valence-electron chi connectivity index (χ2n) is 5.83. The number of piperazine rings is 1. The zero-order chi connectivity index (χ0) is 15.5. The van der Waals surface area contributed by atoms with Crippen LogP contribution in [-0.2, 0) is 4.79 Å². The SMILES string of the molecule is COc1ccnc(C(=O)N2CCN(C3CCCC3)C(=O)C2)c1. The van der Waals surface area contributed by atoms with Crippen LogP contribution in [-0.4, -0.2) is 59.4 Å². The average molecular weight is 303 g/mol. The summed E-state index contributed by atoms with van der Waals surface area (Å²) < 4.78 is 5.11. The molecule has 1 aromatic heterocycles. The molecule has 0 unspecified atom stereocenters. The second kappa shape index (κ2) is 6.34. The molecule has 0 N–H and O–H groups in total. The van der Waals surface area contributed by atoms with Gasteiger partial charge in [-0.2, -0.15) is 0 Å². The van der Waals surface area contributed by atoms with Crippen molar-refractivity contribution in [3.8, 4) is 5.75 Å². The third kappa shape index (κ3) is 2.91. The van der Waals surface area contributed by atoms with Crippen LogP contribution in [0.4, 0.5) is 0 Å². The number of hydrogen-bond acceptors (Lipinski definition) is 4. The quantitative estimate of drug-likeness (QED) is 0.845. The third-order valence-electron chi connectivity index (χ3n) is 4.50. The van der Waals surface area contributed by atoms with Gasteiger partial charge in [0.15, 0.2) is 0 Å². The molecule has 1 saturated heterocycles. The molecule has 1 aromatic rings. The number of rotatable bonds is 3. The predicted octanol–water partition coefficient (Wildman–Crippen LogP) is 1.32. The molecule has 1 saturated carbocycles. The number of hydrogen-bond donors (Lipinski definition) is 0. The first-order valence-electron chi connectivity index (χ1n) is 7.78. The molecular weight excluding hydrogens is 282 g/mol. The van der Waals surface area contributed by atoms with Crippen molar-refractivity contribution >= 4 is 11.8 Å². The minimum Gasteiger partial charge on any atom is -0.497 e. The zero-order valence-corrected chi connectivity index (χ0v) is 12.8. The highest BCUT2D eigenvalue weighted by Gasteiger charge is 2.33. The van der Waals surface area contributed by atoms with E-state index in [2.05, 4.69) is 4.98 Å². The van der Waals surface area contributed by atoms with E-state index in [-0.39, 0.29) is 18.4 Å². The van der Waals surface area contributed by atoms with Crippen molar-refractivity contribution in [3.63, 3.8) is 0 Å². The molecule has 2 amide bonds. The molecule has 22 heavy (non-hydrogen) atoms. The number of amides is 2. The lowest BCUT2D eigenvalue weighted by atomic mass is 10.1. The lowest BCUT2D eigenvalue weighted by Gasteiger charge is -2.37. The van der Waals surface area contributed by atoms with Gasteiger partial charge in [-0.15, -0.1) is 0 Å². The van der Waals surface area contributed by atoms with Crippen molar-refractivity contribution in [2.45, 2.75) is 31.7 Å². The maximum atomic E-state index is 12.5. The fourth-order valence-electron chi connectivity index (χ4n) is 3.28. The summed E-state index contributed by atoms with van der Waals surface area (Å²) in [5.74, 6) is 0.432. The minimum absolute atomic E-state index is 0.0504. The first-order valence-corrected chi connectivity index (χ1v) is 7.78. The van der Waals surface area contributed by atoms with Gasteiger partial charge >= 0.3 is 0 Å². The molecule has 2 aliphatic rings. The molecule has 3 rings (SSSR count). The summed E-state index contributed by atoms with van der Waals surface area (Å²) in [6.45, 7) is 1.34. The summed E-state index contributed by atoms with van der Waals surface area (Å²) in [6, 6.07) is 3.68. The van der Waals surface area contributed by atoms with Gasteiger partial charge in [0.05, 0.1) is 7.11 Å². The summed E-state index contributed by atoms with van der Waals surface area (Å²) in [4.78, 5) is 32.4. The number of nitrogens with zero attached hydrogens (tertiary/aromatic N) is 3. The van der Waals surface area contributed by atoms with Gasteiger partial charge in [0.2, 0.25) is 5.91 Å². The lowest BCUT2D eigenvalue weighted by molar-refractivity contribution is -0.137. The third-order valence-corrected chi connectivity index (χ3v) is 4.50. The number of pyridine rings is 1. The van der Waals surface area contributed by atoms with E-state index < -0.39 is 0 Å². The van der Waals surface area contributed by atoms with Gasteiger partial charge in [-0.05, 0) is 18.9 Å². The Morgan fingerprint density at radius 3 is 2.77 bits per heavy atom. The molecule has 6 nitrogen and oxygen atoms in total. The Labute approximate surface area is 130 Å². The van der Waals surface area contributed by atoms with Crippen LogP contribution in [0.15, 0.2) is 18.3 Å². The van der Waals surface area contributed by atoms with Gasteiger partial charge in [-0.1, -0.05) is 12.8 Å². The summed E-state index contributed by atoms with van der Waals surface area (Å²) >= 11 is 0. The highest BCUT2D eigenvalue weighted by Crippen LogP contribution is 2.25. The molecule has 6 heteroatoms. The number of ether oxygens (including phenoxy) is 1. The molecule has 2 fully saturated rings. The highest BCUT2D eigenvalue weighted by atomic mass is 16.5. The second-order valence-corrected chi connectivity index (χ2v) is 5.83. The van der Waals surface area contributed by atoms with Crippen LogP contribution < -0.4 is 4.74 Å². The molecule has 118 valence electrons. The van der Waals surface area contributed by atoms with Crippen LogP contribution >= 0.6 is 0 Å². The largest absolute Gasteiger partial charge is 0.497 e. The van der Waals surface area contributed by atoms with Crippen LogP contribution in [0.1, 0.15) is 36.2 Å². The number of carbonyl (C=O) groups is 2. The topological polar surface area (TPSA) is 62.7 Å². The molecule has 0 atom stereocenters. The van der Waals surface area contributed by atoms with Crippen molar-refractivity contribution < 1.29 is 14.3 Å². The Balaban J connectivity index is 1.66. The van der Waals surface area contributed by atoms with E-state index in [1.165, 1.54) is 12.8 Å². The van der Waals surface area contributed by atoms with E-state index in [0.717, 1.165) is 12.8 Å². The summed E-state index contributed by atoms with van der Waals surface area (Å²) in [5, 5.41) is 0. The summed E-state index contributed by atoms with van der Waals surface area (Å²) in [7, 11) is 1.55. The maximum Gasteiger partial charge on any atom is 0.273 e. The fraction of sp³-hybridized carbons (Fsp3) is 0.562. The number of methoxy groups -OCH3 is 1. The number of aromatic nitrogens is 1. The molecule has 0 radical (unpaired) electrons. The zero-order valence-electron chi connectivity index (χ0n) is 12.8. The van der Waals surface area contributed by atoms with E-state index >= 15 is 0 Å². The average Bonchev–Trinajstić information content (AvgIpc) is 3.08. The Morgan fingerprint density at radius 2 is 2.09 bits per heavy atom. The van der Waals surface area contributed by atoms with Gasteiger partial charge in [0.1, 0.15) is 18.0 Å². The van der Waals surface area contributed by atoms with E-state index in [0.29, 0.717) is 30.6 Å². The van der Waals surface area contributed by atoms with Gasteiger partial charge in [-0.3, -0.25) is 14.6 Å². The Morgan fingerprint density at radius 1 is 1.32 bits per heavy atom. The highest BCUT2D eigenvalue weighted by molar-refractivity contribution is 5.95. The maximum absolute atomic E-state index is 12.5. The Kier molecular flexibility index (Phi) is 4.27. The molecule has 1 aliphatic heterocycles. The molecule has 2 heterocycles. The molecule has 0 aromatic carbocycles. The van der Waals surface area contributed by atoms with Crippen molar-refractivity contribution in [1.82, 2.24) is 14.8 Å². The standard InChI is InChI=1S/C16H21N3O3/c1-22-13-6-7-17-14(10-13)16(21)18-8-9-19(15(20)11-18)12-4-2-3-5-12/h6-7,10,12H,2-5,8-9,11H2,1H3. The van der Waals surface area contributed by atoms with Crippen molar-refractivity contribution in [2.24, 2.45) is 0 Å². The van der Waals surface area contributed by atoms with Gasteiger partial charge < -0.3 is 14.5 Å². The van der Waals surface area contributed by atoms with Crippen LogP contribution in [0.5, 0.6) is 5.75 Å². The van der Waals surface area contributed by atoms with Crippen molar-refractivity contribution in [2.75, 3.05) is 26.7 Å². The molecule has 0 spiro atoms. The molecular formula is C16H21N3O3. The van der Waals surface area contributed by atoms with Gasteiger partial charge in [0, 0.05) is 31.4 Å². The van der Waals surface area contributed by atoms with Crippen molar-refractivity contribution in [3.05, 3.63) is 24.0 Å². The first kappa shape index (κ1) is 14.8. The molecule has 1 aliphatic carbocycles. The van der Waals surface area contributed by atoms with Gasteiger partial charge in [0.25, 0.3) is 5.91 Å². The summed E-state index contributed by atoms with van der Waals surface area (Å²) in [5.41, 5.74) is 0.321.